The van der Waals surface area contributed by atoms with E-state index in [1.165, 1.54) is 6.92 Å². The maximum Gasteiger partial charge on any atom is 0.328 e. The average molecular weight is 551 g/mol. The second-order valence-corrected chi connectivity index (χ2v) is 8.94. The molecular formula is C24H38N8O7. The van der Waals surface area contributed by atoms with Crippen LogP contribution in [0.1, 0.15) is 38.2 Å². The minimum absolute atomic E-state index is 0.0364. The van der Waals surface area contributed by atoms with E-state index in [-0.39, 0.29) is 38.2 Å². The number of amides is 4. The molecule has 0 aliphatic carbocycles. The third kappa shape index (κ3) is 12.7. The van der Waals surface area contributed by atoms with Crippen LogP contribution in [0.2, 0.25) is 0 Å². The molecular weight excluding hydrogens is 512 g/mol. The Morgan fingerprint density at radius 3 is 2.03 bits per heavy atom. The van der Waals surface area contributed by atoms with Crippen molar-refractivity contribution in [2.24, 2.45) is 27.9 Å². The number of hydrogen-bond acceptors (Lipinski definition) is 8. The van der Waals surface area contributed by atoms with Gasteiger partial charge in [0.1, 0.15) is 12.1 Å². The summed E-state index contributed by atoms with van der Waals surface area (Å²) in [5.41, 5.74) is 22.3. The van der Waals surface area contributed by atoms with Crippen molar-refractivity contribution in [3.63, 3.8) is 0 Å². The number of nitrogens with zero attached hydrogens (tertiary/aromatic N) is 1. The fourth-order valence-corrected chi connectivity index (χ4v) is 3.46. The number of aliphatic hydroxyl groups excluding tert-OH is 1. The number of nitrogens with one attached hydrogen (secondary N) is 3. The summed E-state index contributed by atoms with van der Waals surface area (Å²) >= 11 is 0. The number of aliphatic imine (C=N–C) groups is 1. The lowest BCUT2D eigenvalue weighted by atomic mass is 10.0. The minimum Gasteiger partial charge on any atom is -0.480 e. The van der Waals surface area contributed by atoms with Gasteiger partial charge in [-0.15, -0.1) is 0 Å². The summed E-state index contributed by atoms with van der Waals surface area (Å²) in [5, 5.41) is 26.3. The number of nitrogens with two attached hydrogens (primary N) is 4. The SMILES string of the molecule is CC(O)C(NC(=O)C(Cc1ccccc1)NC(=O)C(CCC(N)=O)NC(=O)C(N)CCCN=C(N)N)C(=O)O. The lowest BCUT2D eigenvalue weighted by Gasteiger charge is -2.26. The van der Waals surface area contributed by atoms with E-state index in [1.54, 1.807) is 30.3 Å². The number of carboxylic acid groups (broad SMARTS) is 1. The number of guanidine groups is 1. The van der Waals surface area contributed by atoms with Crippen LogP contribution < -0.4 is 38.9 Å². The Hall–Kier alpha value is -4.24. The molecule has 0 radical (unpaired) electrons. The molecule has 1 rings (SSSR count). The van der Waals surface area contributed by atoms with Crippen molar-refractivity contribution in [3.05, 3.63) is 35.9 Å². The highest BCUT2D eigenvalue weighted by molar-refractivity contribution is 5.94. The lowest BCUT2D eigenvalue weighted by Crippen LogP contribution is -2.58. The number of aliphatic hydroxyl groups is 1. The molecule has 1 aromatic carbocycles. The van der Waals surface area contributed by atoms with Crippen LogP contribution in [0, 0.1) is 0 Å². The van der Waals surface area contributed by atoms with Gasteiger partial charge < -0.3 is 49.1 Å². The third-order valence-electron chi connectivity index (χ3n) is 5.58. The lowest BCUT2D eigenvalue weighted by molar-refractivity contribution is -0.145. The molecule has 0 saturated heterocycles. The van der Waals surface area contributed by atoms with Gasteiger partial charge in [-0.05, 0) is 31.7 Å². The van der Waals surface area contributed by atoms with Crippen molar-refractivity contribution in [2.75, 3.05) is 6.54 Å². The molecule has 0 aliphatic heterocycles. The molecule has 5 atom stereocenters. The summed E-state index contributed by atoms with van der Waals surface area (Å²) in [6, 6.07) is 3.35. The second-order valence-electron chi connectivity index (χ2n) is 8.94. The number of primary amides is 1. The van der Waals surface area contributed by atoms with Crippen molar-refractivity contribution in [3.8, 4) is 0 Å². The van der Waals surface area contributed by atoms with Crippen molar-refractivity contribution < 1.29 is 34.2 Å². The van der Waals surface area contributed by atoms with Gasteiger partial charge in [-0.1, -0.05) is 30.3 Å². The molecule has 0 spiro atoms. The molecule has 0 fully saturated rings. The monoisotopic (exact) mass is 550 g/mol. The number of aliphatic carboxylic acids is 1. The van der Waals surface area contributed by atoms with E-state index in [0.717, 1.165) is 0 Å². The number of carboxylic acids is 1. The van der Waals surface area contributed by atoms with Crippen molar-refractivity contribution >= 4 is 35.6 Å². The summed E-state index contributed by atoms with van der Waals surface area (Å²) in [6.45, 7) is 1.44. The standard InChI is InChI=1S/C24H38N8O7/c1-13(33)19(23(38)39)32-22(37)17(12-14-6-3-2-4-7-14)31-21(36)16(9-10-18(26)34)30-20(35)15(25)8-5-11-29-24(27)28/h2-4,6-7,13,15-17,19,33H,5,8-12,25H2,1H3,(H2,26,34)(H,30,35)(H,31,36)(H,32,37)(H,38,39)(H4,27,28,29). The smallest absolute Gasteiger partial charge is 0.328 e. The molecule has 1 aromatic rings. The van der Waals surface area contributed by atoms with Crippen molar-refractivity contribution in [1.29, 1.82) is 0 Å². The fraction of sp³-hybridized carbons (Fsp3) is 0.500. The maximum atomic E-state index is 13.2. The first-order valence-corrected chi connectivity index (χ1v) is 12.3. The van der Waals surface area contributed by atoms with Crippen LogP contribution in [0.15, 0.2) is 35.3 Å². The summed E-state index contributed by atoms with van der Waals surface area (Å²) in [6.07, 6.45) is -1.31. The van der Waals surface area contributed by atoms with Gasteiger partial charge in [0.15, 0.2) is 12.0 Å². The zero-order chi connectivity index (χ0) is 29.5. The van der Waals surface area contributed by atoms with E-state index >= 15 is 0 Å². The summed E-state index contributed by atoms with van der Waals surface area (Å²) < 4.78 is 0. The van der Waals surface area contributed by atoms with Gasteiger partial charge in [0.05, 0.1) is 12.1 Å². The Morgan fingerprint density at radius 1 is 0.897 bits per heavy atom. The fourth-order valence-electron chi connectivity index (χ4n) is 3.46. The second kappa shape index (κ2) is 16.6. The molecule has 0 heterocycles. The van der Waals surface area contributed by atoms with Crippen LogP contribution >= 0.6 is 0 Å². The largest absolute Gasteiger partial charge is 0.480 e. The quantitative estimate of drug-likeness (QED) is 0.0531. The Labute approximate surface area is 225 Å². The Balaban J connectivity index is 3.07. The highest BCUT2D eigenvalue weighted by atomic mass is 16.4. The third-order valence-corrected chi connectivity index (χ3v) is 5.58. The normalized spacial score (nSPS) is 14.5. The number of hydrogen-bond donors (Lipinski definition) is 9. The Kier molecular flexibility index (Phi) is 13.9. The highest BCUT2D eigenvalue weighted by Crippen LogP contribution is 2.07. The topological polar surface area (TPSA) is 278 Å². The number of carbonyl (C=O) groups excluding carboxylic acids is 4. The van der Waals surface area contributed by atoms with Crippen molar-refractivity contribution in [1.82, 2.24) is 16.0 Å². The van der Waals surface area contributed by atoms with Crippen LogP contribution in [-0.2, 0) is 30.4 Å². The van der Waals surface area contributed by atoms with Crippen molar-refractivity contribution in [2.45, 2.75) is 69.3 Å². The van der Waals surface area contributed by atoms with Gasteiger partial charge in [-0.2, -0.15) is 0 Å². The van der Waals surface area contributed by atoms with Crippen LogP contribution in [0.3, 0.4) is 0 Å². The van der Waals surface area contributed by atoms with E-state index in [9.17, 15) is 34.2 Å². The first-order valence-electron chi connectivity index (χ1n) is 12.3. The van der Waals surface area contributed by atoms with Gasteiger partial charge in [0.25, 0.3) is 0 Å². The Bertz CT molecular complexity index is 1010. The van der Waals surface area contributed by atoms with E-state index in [4.69, 9.17) is 22.9 Å². The summed E-state index contributed by atoms with van der Waals surface area (Å²) in [4.78, 5) is 65.5. The molecule has 216 valence electrons. The van der Waals surface area contributed by atoms with Gasteiger partial charge >= 0.3 is 5.97 Å². The molecule has 4 amide bonds. The zero-order valence-corrected chi connectivity index (χ0v) is 21.7. The molecule has 39 heavy (non-hydrogen) atoms. The van der Waals surface area contributed by atoms with Gasteiger partial charge in [0.2, 0.25) is 23.6 Å². The zero-order valence-electron chi connectivity index (χ0n) is 21.7. The van der Waals surface area contributed by atoms with Crippen LogP contribution in [0.25, 0.3) is 0 Å². The number of benzene rings is 1. The molecule has 13 N–H and O–H groups in total. The predicted molar refractivity (Wildman–Crippen MR) is 142 cm³/mol. The van der Waals surface area contributed by atoms with E-state index in [0.29, 0.717) is 12.0 Å². The first kappa shape index (κ1) is 32.8. The summed E-state index contributed by atoms with van der Waals surface area (Å²) in [7, 11) is 0. The van der Waals surface area contributed by atoms with E-state index < -0.39 is 59.9 Å². The molecule has 0 bridgehead atoms. The van der Waals surface area contributed by atoms with E-state index in [2.05, 4.69) is 20.9 Å². The predicted octanol–water partition coefficient (Wildman–Crippen LogP) is -3.20. The summed E-state index contributed by atoms with van der Waals surface area (Å²) in [5.74, 6) is -4.68. The highest BCUT2D eigenvalue weighted by Gasteiger charge is 2.32. The number of rotatable bonds is 17. The van der Waals surface area contributed by atoms with Gasteiger partial charge in [0, 0.05) is 19.4 Å². The van der Waals surface area contributed by atoms with E-state index in [1.807, 2.05) is 0 Å². The van der Waals surface area contributed by atoms with Crippen LogP contribution in [0.5, 0.6) is 0 Å². The molecule has 15 nitrogen and oxygen atoms in total. The molecule has 0 saturated carbocycles. The van der Waals surface area contributed by atoms with Gasteiger partial charge in [-0.25, -0.2) is 4.79 Å². The maximum absolute atomic E-state index is 13.2. The van der Waals surface area contributed by atoms with Gasteiger partial charge in [-0.3, -0.25) is 24.2 Å². The average Bonchev–Trinajstić information content (AvgIpc) is 2.86. The first-order chi connectivity index (χ1) is 18.3. The molecule has 5 unspecified atom stereocenters. The molecule has 0 aromatic heterocycles. The number of carbonyl (C=O) groups is 5. The van der Waals surface area contributed by atoms with Crippen LogP contribution in [0.4, 0.5) is 0 Å². The minimum atomic E-state index is -1.63. The molecule has 15 heteroatoms. The Morgan fingerprint density at radius 2 is 1.49 bits per heavy atom. The molecule has 0 aliphatic rings. The van der Waals surface area contributed by atoms with Crippen LogP contribution in [-0.4, -0.2) is 82.6 Å².